The first-order chi connectivity index (χ1) is 9.60. The van der Waals surface area contributed by atoms with Crippen molar-refractivity contribution in [2.45, 2.75) is 33.2 Å². The van der Waals surface area contributed by atoms with Gasteiger partial charge in [0.15, 0.2) is 11.6 Å². The highest BCUT2D eigenvalue weighted by Gasteiger charge is 2.10. The molecule has 1 aromatic heterocycles. The molecule has 0 aliphatic heterocycles. The largest absolute Gasteiger partial charge is 0.393 e. The zero-order valence-corrected chi connectivity index (χ0v) is 12.1. The highest BCUT2D eigenvalue weighted by molar-refractivity contribution is 5.77. The molecule has 2 rings (SSSR count). The van der Waals surface area contributed by atoms with Gasteiger partial charge in [-0.3, -0.25) is 0 Å². The van der Waals surface area contributed by atoms with Crippen LogP contribution in [-0.2, 0) is 0 Å². The van der Waals surface area contributed by atoms with Crippen LogP contribution in [0.1, 0.15) is 25.8 Å². The Morgan fingerprint density at radius 3 is 2.70 bits per heavy atom. The van der Waals surface area contributed by atoms with Gasteiger partial charge < -0.3 is 16.4 Å². The summed E-state index contributed by atoms with van der Waals surface area (Å²) in [6.45, 7) is 6.25. The van der Waals surface area contributed by atoms with E-state index in [-0.39, 0.29) is 0 Å². The molecule has 0 amide bonds. The average molecular weight is 271 g/mol. The SMILES string of the molecule is CCC(C)Nc1ncnc(Nc2cccc(C)c2)c1N. The van der Waals surface area contributed by atoms with Gasteiger partial charge in [0, 0.05) is 11.7 Å². The summed E-state index contributed by atoms with van der Waals surface area (Å²) in [5.74, 6) is 1.29. The monoisotopic (exact) mass is 271 g/mol. The topological polar surface area (TPSA) is 75.9 Å². The third kappa shape index (κ3) is 3.38. The van der Waals surface area contributed by atoms with Gasteiger partial charge in [-0.05, 0) is 38.0 Å². The molecule has 0 bridgehead atoms. The number of nitrogens with two attached hydrogens (primary N) is 1. The van der Waals surface area contributed by atoms with E-state index in [4.69, 9.17) is 5.73 Å². The zero-order valence-electron chi connectivity index (χ0n) is 12.1. The van der Waals surface area contributed by atoms with Gasteiger partial charge in [0.25, 0.3) is 0 Å². The molecular weight excluding hydrogens is 250 g/mol. The van der Waals surface area contributed by atoms with Crippen LogP contribution in [0, 0.1) is 6.92 Å². The summed E-state index contributed by atoms with van der Waals surface area (Å²) in [5.41, 5.74) is 8.80. The van der Waals surface area contributed by atoms with Gasteiger partial charge in [0.05, 0.1) is 0 Å². The van der Waals surface area contributed by atoms with Crippen LogP contribution < -0.4 is 16.4 Å². The maximum Gasteiger partial charge on any atom is 0.159 e. The maximum absolute atomic E-state index is 6.12. The fourth-order valence-electron chi connectivity index (χ4n) is 1.81. The lowest BCUT2D eigenvalue weighted by molar-refractivity contribution is 0.759. The smallest absolute Gasteiger partial charge is 0.159 e. The van der Waals surface area contributed by atoms with Crippen LogP contribution >= 0.6 is 0 Å². The van der Waals surface area contributed by atoms with Gasteiger partial charge in [0.2, 0.25) is 0 Å². The molecule has 0 fully saturated rings. The van der Waals surface area contributed by atoms with Crippen molar-refractivity contribution < 1.29 is 0 Å². The van der Waals surface area contributed by atoms with Crippen LogP contribution in [0.5, 0.6) is 0 Å². The molecule has 0 spiro atoms. The lowest BCUT2D eigenvalue weighted by Gasteiger charge is -2.16. The van der Waals surface area contributed by atoms with Gasteiger partial charge >= 0.3 is 0 Å². The Labute approximate surface area is 119 Å². The number of benzene rings is 1. The van der Waals surface area contributed by atoms with Crippen molar-refractivity contribution in [3.63, 3.8) is 0 Å². The second-order valence-electron chi connectivity index (χ2n) is 4.93. The van der Waals surface area contributed by atoms with Crippen LogP contribution in [-0.4, -0.2) is 16.0 Å². The van der Waals surface area contributed by atoms with Gasteiger partial charge in [-0.25, -0.2) is 9.97 Å². The Hall–Kier alpha value is -2.30. The third-order valence-electron chi connectivity index (χ3n) is 3.16. The molecule has 0 aliphatic rings. The molecule has 1 atom stereocenters. The Kier molecular flexibility index (Phi) is 4.40. The minimum atomic E-state index is 0.319. The van der Waals surface area contributed by atoms with Gasteiger partial charge in [0.1, 0.15) is 12.0 Å². The molecule has 20 heavy (non-hydrogen) atoms. The molecule has 0 saturated heterocycles. The van der Waals surface area contributed by atoms with Crippen molar-refractivity contribution in [2.75, 3.05) is 16.4 Å². The van der Waals surface area contributed by atoms with E-state index in [1.54, 1.807) is 0 Å². The summed E-state index contributed by atoms with van der Waals surface area (Å²) < 4.78 is 0. The first-order valence-corrected chi connectivity index (χ1v) is 6.81. The van der Waals surface area contributed by atoms with Crippen molar-refractivity contribution in [3.05, 3.63) is 36.2 Å². The number of rotatable bonds is 5. The minimum absolute atomic E-state index is 0.319. The van der Waals surface area contributed by atoms with Crippen LogP contribution in [0.3, 0.4) is 0 Å². The molecule has 1 aromatic carbocycles. The summed E-state index contributed by atoms with van der Waals surface area (Å²) >= 11 is 0. The van der Waals surface area contributed by atoms with E-state index >= 15 is 0 Å². The molecule has 5 heteroatoms. The van der Waals surface area contributed by atoms with E-state index in [1.165, 1.54) is 11.9 Å². The van der Waals surface area contributed by atoms with Crippen molar-refractivity contribution in [1.29, 1.82) is 0 Å². The molecule has 1 unspecified atom stereocenters. The summed E-state index contributed by atoms with van der Waals surface area (Å²) in [5, 5.41) is 6.51. The molecule has 5 nitrogen and oxygen atoms in total. The predicted molar refractivity (Wildman–Crippen MR) is 84.3 cm³/mol. The summed E-state index contributed by atoms with van der Waals surface area (Å²) in [4.78, 5) is 8.41. The standard InChI is InChI=1S/C15H21N5/c1-4-11(3)19-14-13(16)15(18-9-17-14)20-12-7-5-6-10(2)8-12/h5-9,11H,4,16H2,1-3H3,(H2,17,18,19,20). The zero-order chi connectivity index (χ0) is 14.5. The molecule has 4 N–H and O–H groups in total. The average Bonchev–Trinajstić information content (AvgIpc) is 2.43. The first-order valence-electron chi connectivity index (χ1n) is 6.81. The van der Waals surface area contributed by atoms with Crippen molar-refractivity contribution in [2.24, 2.45) is 0 Å². The van der Waals surface area contributed by atoms with Crippen LogP contribution in [0.15, 0.2) is 30.6 Å². The fraction of sp³-hybridized carbons (Fsp3) is 0.333. The van der Waals surface area contributed by atoms with Crippen molar-refractivity contribution in [1.82, 2.24) is 9.97 Å². The number of nitrogens with zero attached hydrogens (tertiary/aromatic N) is 2. The Morgan fingerprint density at radius 2 is 2.00 bits per heavy atom. The van der Waals surface area contributed by atoms with Gasteiger partial charge in [-0.2, -0.15) is 0 Å². The molecule has 106 valence electrons. The van der Waals surface area contributed by atoms with Crippen molar-refractivity contribution in [3.8, 4) is 0 Å². The highest BCUT2D eigenvalue weighted by atomic mass is 15.1. The summed E-state index contributed by atoms with van der Waals surface area (Å²) in [6, 6.07) is 8.39. The number of hydrogen-bond acceptors (Lipinski definition) is 5. The number of nitrogens with one attached hydrogen (secondary N) is 2. The Bertz CT molecular complexity index is 582. The van der Waals surface area contributed by atoms with E-state index in [2.05, 4.69) is 34.4 Å². The van der Waals surface area contributed by atoms with Crippen LogP contribution in [0.2, 0.25) is 0 Å². The summed E-state index contributed by atoms with van der Waals surface area (Å²) in [7, 11) is 0. The Balaban J connectivity index is 2.22. The first kappa shape index (κ1) is 14.1. The number of anilines is 4. The molecule has 0 saturated carbocycles. The highest BCUT2D eigenvalue weighted by Crippen LogP contribution is 2.26. The third-order valence-corrected chi connectivity index (χ3v) is 3.16. The lowest BCUT2D eigenvalue weighted by atomic mass is 10.2. The van der Waals surface area contributed by atoms with Crippen molar-refractivity contribution >= 4 is 23.0 Å². The second kappa shape index (κ2) is 6.23. The molecule has 0 aliphatic carbocycles. The fourth-order valence-corrected chi connectivity index (χ4v) is 1.81. The van der Waals surface area contributed by atoms with Crippen LogP contribution in [0.25, 0.3) is 0 Å². The maximum atomic E-state index is 6.12. The Morgan fingerprint density at radius 1 is 1.25 bits per heavy atom. The normalized spacial score (nSPS) is 11.9. The molecule has 1 heterocycles. The minimum Gasteiger partial charge on any atom is -0.393 e. The lowest BCUT2D eigenvalue weighted by Crippen LogP contribution is -2.16. The number of aromatic nitrogens is 2. The second-order valence-corrected chi connectivity index (χ2v) is 4.93. The number of nitrogen functional groups attached to an aromatic ring is 1. The summed E-state index contributed by atoms with van der Waals surface area (Å²) in [6.07, 6.45) is 2.52. The van der Waals surface area contributed by atoms with Crippen LogP contribution in [0.4, 0.5) is 23.0 Å². The predicted octanol–water partition coefficient (Wildman–Crippen LogP) is 3.32. The van der Waals surface area contributed by atoms with E-state index in [9.17, 15) is 0 Å². The number of hydrogen-bond donors (Lipinski definition) is 3. The number of aryl methyl sites for hydroxylation is 1. The van der Waals surface area contributed by atoms with Gasteiger partial charge in [-0.15, -0.1) is 0 Å². The molecule has 2 aromatic rings. The molecular formula is C15H21N5. The van der Waals surface area contributed by atoms with Gasteiger partial charge in [-0.1, -0.05) is 19.1 Å². The van der Waals surface area contributed by atoms with E-state index < -0.39 is 0 Å². The quantitative estimate of drug-likeness (QED) is 0.777. The van der Waals surface area contributed by atoms with E-state index in [0.717, 1.165) is 12.1 Å². The van der Waals surface area contributed by atoms with E-state index in [1.807, 2.05) is 31.2 Å². The molecule has 0 radical (unpaired) electrons. The van der Waals surface area contributed by atoms with E-state index in [0.29, 0.717) is 23.4 Å².